The van der Waals surface area contributed by atoms with Gasteiger partial charge in [-0.2, -0.15) is 0 Å². The highest BCUT2D eigenvalue weighted by atomic mass is 16.1. The average molecular weight is 316 g/mol. The maximum absolute atomic E-state index is 12.4. The van der Waals surface area contributed by atoms with Gasteiger partial charge >= 0.3 is 0 Å². The van der Waals surface area contributed by atoms with Crippen molar-refractivity contribution in [2.45, 2.75) is 71.1 Å². The normalized spacial score (nSPS) is 24.6. The molecule has 2 heteroatoms. The SMILES string of the molecule is CCC1CCC(CNC(=O)C(CC)CC)(c2ccccc2)CC1. The maximum atomic E-state index is 12.4. The summed E-state index contributed by atoms with van der Waals surface area (Å²) in [6.45, 7) is 7.30. The van der Waals surface area contributed by atoms with E-state index in [2.05, 4.69) is 56.4 Å². The Morgan fingerprint density at radius 1 is 1.13 bits per heavy atom. The lowest BCUT2D eigenvalue weighted by Gasteiger charge is -2.41. The number of hydrogen-bond acceptors (Lipinski definition) is 1. The smallest absolute Gasteiger partial charge is 0.223 e. The van der Waals surface area contributed by atoms with Gasteiger partial charge in [0.2, 0.25) is 5.91 Å². The molecule has 0 heterocycles. The molecular weight excluding hydrogens is 282 g/mol. The fraction of sp³-hybridized carbons (Fsp3) is 0.667. The molecule has 1 N–H and O–H groups in total. The van der Waals surface area contributed by atoms with Crippen molar-refractivity contribution in [3.8, 4) is 0 Å². The highest BCUT2D eigenvalue weighted by Crippen LogP contribution is 2.42. The molecule has 0 aromatic heterocycles. The monoisotopic (exact) mass is 315 g/mol. The van der Waals surface area contributed by atoms with Crippen molar-refractivity contribution >= 4 is 5.91 Å². The number of benzene rings is 1. The van der Waals surface area contributed by atoms with E-state index in [4.69, 9.17) is 0 Å². The van der Waals surface area contributed by atoms with E-state index in [0.717, 1.165) is 25.3 Å². The predicted molar refractivity (Wildman–Crippen MR) is 97.5 cm³/mol. The zero-order valence-corrected chi connectivity index (χ0v) is 15.1. The summed E-state index contributed by atoms with van der Waals surface area (Å²) in [5.74, 6) is 1.26. The zero-order chi connectivity index (χ0) is 16.7. The minimum Gasteiger partial charge on any atom is -0.355 e. The van der Waals surface area contributed by atoms with E-state index in [1.54, 1.807) is 0 Å². The summed E-state index contributed by atoms with van der Waals surface area (Å²) in [7, 11) is 0. The fourth-order valence-electron chi connectivity index (χ4n) is 4.06. The van der Waals surface area contributed by atoms with Crippen LogP contribution in [0.4, 0.5) is 0 Å². The van der Waals surface area contributed by atoms with E-state index in [1.165, 1.54) is 37.7 Å². The van der Waals surface area contributed by atoms with E-state index in [1.807, 2.05) is 0 Å². The zero-order valence-electron chi connectivity index (χ0n) is 15.1. The van der Waals surface area contributed by atoms with Crippen molar-refractivity contribution in [3.05, 3.63) is 35.9 Å². The molecule has 1 aromatic rings. The van der Waals surface area contributed by atoms with E-state index in [9.17, 15) is 4.79 Å². The average Bonchev–Trinajstić information content (AvgIpc) is 2.62. The van der Waals surface area contributed by atoms with Gasteiger partial charge in [0, 0.05) is 17.9 Å². The van der Waals surface area contributed by atoms with Crippen LogP contribution in [0.2, 0.25) is 0 Å². The van der Waals surface area contributed by atoms with Gasteiger partial charge in [-0.15, -0.1) is 0 Å². The maximum Gasteiger partial charge on any atom is 0.223 e. The van der Waals surface area contributed by atoms with Crippen LogP contribution in [-0.2, 0) is 10.2 Å². The van der Waals surface area contributed by atoms with Crippen molar-refractivity contribution in [3.63, 3.8) is 0 Å². The molecule has 0 spiro atoms. The molecule has 0 unspecified atom stereocenters. The third kappa shape index (κ3) is 4.37. The number of hydrogen-bond donors (Lipinski definition) is 1. The lowest BCUT2D eigenvalue weighted by Crippen LogP contribution is -2.44. The van der Waals surface area contributed by atoms with Crippen LogP contribution in [0, 0.1) is 11.8 Å². The third-order valence-corrected chi connectivity index (χ3v) is 5.98. The summed E-state index contributed by atoms with van der Waals surface area (Å²) >= 11 is 0. The van der Waals surface area contributed by atoms with Crippen molar-refractivity contribution in [2.75, 3.05) is 6.54 Å². The largest absolute Gasteiger partial charge is 0.355 e. The first-order valence-electron chi connectivity index (χ1n) is 9.48. The van der Waals surface area contributed by atoms with Crippen LogP contribution >= 0.6 is 0 Å². The van der Waals surface area contributed by atoms with Crippen molar-refractivity contribution in [2.24, 2.45) is 11.8 Å². The molecule has 128 valence electrons. The van der Waals surface area contributed by atoms with Gasteiger partial charge in [0.05, 0.1) is 0 Å². The minimum atomic E-state index is 0.134. The van der Waals surface area contributed by atoms with Crippen LogP contribution in [-0.4, -0.2) is 12.5 Å². The van der Waals surface area contributed by atoms with Crippen molar-refractivity contribution in [1.29, 1.82) is 0 Å². The Hall–Kier alpha value is -1.31. The summed E-state index contributed by atoms with van der Waals surface area (Å²) in [6.07, 6.45) is 8.10. The molecule has 1 aliphatic carbocycles. The topological polar surface area (TPSA) is 29.1 Å². The molecule has 0 bridgehead atoms. The van der Waals surface area contributed by atoms with Gasteiger partial charge < -0.3 is 5.32 Å². The summed E-state index contributed by atoms with van der Waals surface area (Å²) in [4.78, 5) is 12.4. The first-order valence-corrected chi connectivity index (χ1v) is 9.48. The highest BCUT2D eigenvalue weighted by Gasteiger charge is 2.36. The number of carbonyl (C=O) groups excluding carboxylic acids is 1. The Morgan fingerprint density at radius 3 is 2.26 bits per heavy atom. The predicted octanol–water partition coefficient (Wildman–Crippen LogP) is 5.08. The van der Waals surface area contributed by atoms with Gasteiger partial charge in [-0.1, -0.05) is 57.5 Å². The van der Waals surface area contributed by atoms with Crippen LogP contribution in [0.3, 0.4) is 0 Å². The lowest BCUT2D eigenvalue weighted by molar-refractivity contribution is -0.125. The van der Waals surface area contributed by atoms with Crippen LogP contribution in [0.15, 0.2) is 30.3 Å². The van der Waals surface area contributed by atoms with Gasteiger partial charge in [-0.05, 0) is 50.0 Å². The number of carbonyl (C=O) groups is 1. The van der Waals surface area contributed by atoms with E-state index < -0.39 is 0 Å². The van der Waals surface area contributed by atoms with E-state index >= 15 is 0 Å². The Kier molecular flexibility index (Phi) is 6.68. The van der Waals surface area contributed by atoms with Crippen LogP contribution in [0.25, 0.3) is 0 Å². The molecule has 0 radical (unpaired) electrons. The second-order valence-corrected chi connectivity index (χ2v) is 7.23. The second-order valence-electron chi connectivity index (χ2n) is 7.23. The Morgan fingerprint density at radius 2 is 1.74 bits per heavy atom. The molecule has 1 aromatic carbocycles. The molecular formula is C21H33NO. The third-order valence-electron chi connectivity index (χ3n) is 5.98. The van der Waals surface area contributed by atoms with Crippen LogP contribution in [0.5, 0.6) is 0 Å². The molecule has 1 fully saturated rings. The minimum absolute atomic E-state index is 0.134. The van der Waals surface area contributed by atoms with Gasteiger partial charge in [0.1, 0.15) is 0 Å². The fourth-order valence-corrected chi connectivity index (χ4v) is 4.06. The van der Waals surface area contributed by atoms with Crippen molar-refractivity contribution in [1.82, 2.24) is 5.32 Å². The molecule has 0 saturated heterocycles. The Labute approximate surface area is 142 Å². The summed E-state index contributed by atoms with van der Waals surface area (Å²) in [5, 5.41) is 3.29. The molecule has 1 amide bonds. The molecule has 2 rings (SSSR count). The molecule has 1 saturated carbocycles. The lowest BCUT2D eigenvalue weighted by atomic mass is 9.66. The van der Waals surface area contributed by atoms with Crippen molar-refractivity contribution < 1.29 is 4.79 Å². The molecule has 1 aliphatic rings. The molecule has 0 aliphatic heterocycles. The van der Waals surface area contributed by atoms with Gasteiger partial charge in [0.15, 0.2) is 0 Å². The van der Waals surface area contributed by atoms with Gasteiger partial charge in [0.25, 0.3) is 0 Å². The molecule has 2 nitrogen and oxygen atoms in total. The first kappa shape index (κ1) is 18.0. The number of amides is 1. The number of nitrogens with one attached hydrogen (secondary N) is 1. The standard InChI is InChI=1S/C21H33NO/c1-4-17-12-14-21(15-13-17,19-10-8-7-9-11-19)16-22-20(23)18(5-2)6-3/h7-11,17-18H,4-6,12-16H2,1-3H3,(H,22,23). The quantitative estimate of drug-likeness (QED) is 0.747. The Balaban J connectivity index is 2.11. The van der Waals surface area contributed by atoms with Crippen LogP contribution in [0.1, 0.15) is 71.3 Å². The summed E-state index contributed by atoms with van der Waals surface area (Å²) in [6, 6.07) is 10.8. The highest BCUT2D eigenvalue weighted by molar-refractivity contribution is 5.78. The van der Waals surface area contributed by atoms with Crippen LogP contribution < -0.4 is 5.32 Å². The number of rotatable bonds is 7. The van der Waals surface area contributed by atoms with Gasteiger partial charge in [-0.3, -0.25) is 4.79 Å². The summed E-state index contributed by atoms with van der Waals surface area (Å²) in [5.41, 5.74) is 1.54. The second kappa shape index (κ2) is 8.52. The first-order chi connectivity index (χ1) is 11.1. The van der Waals surface area contributed by atoms with E-state index in [-0.39, 0.29) is 17.2 Å². The Bertz CT molecular complexity index is 470. The molecule has 23 heavy (non-hydrogen) atoms. The summed E-state index contributed by atoms with van der Waals surface area (Å²) < 4.78 is 0. The van der Waals surface area contributed by atoms with Gasteiger partial charge in [-0.25, -0.2) is 0 Å². The van der Waals surface area contributed by atoms with E-state index in [0.29, 0.717) is 0 Å². The molecule has 0 atom stereocenters.